The molecular formula is C15H24IN. The van der Waals surface area contributed by atoms with Gasteiger partial charge in [0.05, 0.1) is 0 Å². The number of hydrogen-bond donors (Lipinski definition) is 1. The highest BCUT2D eigenvalue weighted by molar-refractivity contribution is 14.1. The van der Waals surface area contributed by atoms with Crippen molar-refractivity contribution < 1.29 is 0 Å². The maximum absolute atomic E-state index is 3.61. The lowest BCUT2D eigenvalue weighted by molar-refractivity contribution is 0.304. The van der Waals surface area contributed by atoms with Crippen molar-refractivity contribution in [1.82, 2.24) is 0 Å². The molecule has 0 amide bonds. The summed E-state index contributed by atoms with van der Waals surface area (Å²) in [5.74, 6) is 2.18. The van der Waals surface area contributed by atoms with Crippen molar-refractivity contribution in [3.05, 3.63) is 27.3 Å². The zero-order chi connectivity index (χ0) is 13.0. The minimum Gasteiger partial charge on any atom is -0.385 e. The standard InChI is InChI=1S/C15H24IN/c1-10(2)13(11(3)4)9-17-15-8-6-7-14(16)12(15)5/h6-8,10-11,13,17H,9H2,1-5H3. The van der Waals surface area contributed by atoms with E-state index in [1.54, 1.807) is 0 Å². The molecule has 0 saturated heterocycles. The Kier molecular flexibility index (Phi) is 5.77. The summed E-state index contributed by atoms with van der Waals surface area (Å²) < 4.78 is 1.33. The van der Waals surface area contributed by atoms with E-state index in [-0.39, 0.29) is 0 Å². The molecule has 0 radical (unpaired) electrons. The van der Waals surface area contributed by atoms with E-state index in [0.29, 0.717) is 0 Å². The molecule has 0 aromatic heterocycles. The van der Waals surface area contributed by atoms with Crippen LogP contribution in [0.4, 0.5) is 5.69 Å². The van der Waals surface area contributed by atoms with Crippen LogP contribution in [0.5, 0.6) is 0 Å². The summed E-state index contributed by atoms with van der Waals surface area (Å²) in [5, 5.41) is 3.61. The van der Waals surface area contributed by atoms with E-state index < -0.39 is 0 Å². The fourth-order valence-electron chi connectivity index (χ4n) is 2.27. The monoisotopic (exact) mass is 345 g/mol. The molecule has 0 atom stereocenters. The van der Waals surface area contributed by atoms with Gasteiger partial charge >= 0.3 is 0 Å². The van der Waals surface area contributed by atoms with Gasteiger partial charge in [-0.3, -0.25) is 0 Å². The van der Waals surface area contributed by atoms with E-state index >= 15 is 0 Å². The Balaban J connectivity index is 2.69. The highest BCUT2D eigenvalue weighted by Gasteiger charge is 2.17. The number of hydrogen-bond acceptors (Lipinski definition) is 1. The molecule has 1 N–H and O–H groups in total. The summed E-state index contributed by atoms with van der Waals surface area (Å²) in [5.41, 5.74) is 2.64. The first-order chi connectivity index (χ1) is 7.93. The molecule has 0 aliphatic carbocycles. The van der Waals surface area contributed by atoms with Gasteiger partial charge in [-0.25, -0.2) is 0 Å². The van der Waals surface area contributed by atoms with Gasteiger partial charge in [-0.15, -0.1) is 0 Å². The molecule has 0 aliphatic heterocycles. The Bertz CT molecular complexity index is 350. The van der Waals surface area contributed by atoms with E-state index in [4.69, 9.17) is 0 Å². The van der Waals surface area contributed by atoms with E-state index in [2.05, 4.69) is 80.7 Å². The average molecular weight is 345 g/mol. The average Bonchev–Trinajstić information content (AvgIpc) is 2.23. The second-order valence-electron chi connectivity index (χ2n) is 5.45. The third kappa shape index (κ3) is 4.16. The summed E-state index contributed by atoms with van der Waals surface area (Å²) in [6.45, 7) is 12.5. The molecule has 17 heavy (non-hydrogen) atoms. The SMILES string of the molecule is Cc1c(I)cccc1NCC(C(C)C)C(C)C. The quantitative estimate of drug-likeness (QED) is 0.746. The van der Waals surface area contributed by atoms with Crippen LogP contribution in [0.1, 0.15) is 33.3 Å². The van der Waals surface area contributed by atoms with E-state index in [1.165, 1.54) is 14.8 Å². The van der Waals surface area contributed by atoms with E-state index in [0.717, 1.165) is 24.3 Å². The lowest BCUT2D eigenvalue weighted by Crippen LogP contribution is -2.24. The topological polar surface area (TPSA) is 12.0 Å². The number of halogens is 1. The van der Waals surface area contributed by atoms with Gasteiger partial charge in [0.15, 0.2) is 0 Å². The van der Waals surface area contributed by atoms with Crippen LogP contribution in [-0.4, -0.2) is 6.54 Å². The molecule has 0 heterocycles. The molecule has 2 heteroatoms. The number of anilines is 1. The molecule has 1 aromatic rings. The minimum absolute atomic E-state index is 0.727. The second-order valence-corrected chi connectivity index (χ2v) is 6.61. The highest BCUT2D eigenvalue weighted by Crippen LogP contribution is 2.24. The van der Waals surface area contributed by atoms with Crippen LogP contribution in [0, 0.1) is 28.2 Å². The third-order valence-corrected chi connectivity index (χ3v) is 4.68. The van der Waals surface area contributed by atoms with Crippen LogP contribution in [0.3, 0.4) is 0 Å². The largest absolute Gasteiger partial charge is 0.385 e. The predicted molar refractivity (Wildman–Crippen MR) is 85.6 cm³/mol. The van der Waals surface area contributed by atoms with Crippen molar-refractivity contribution in [1.29, 1.82) is 0 Å². The second kappa shape index (κ2) is 6.62. The maximum atomic E-state index is 3.61. The van der Waals surface area contributed by atoms with Crippen molar-refractivity contribution in [3.63, 3.8) is 0 Å². The van der Waals surface area contributed by atoms with Gasteiger partial charge in [0, 0.05) is 15.8 Å². The molecular weight excluding hydrogens is 321 g/mol. The third-order valence-electron chi connectivity index (χ3n) is 3.51. The summed E-state index contributed by atoms with van der Waals surface area (Å²) in [7, 11) is 0. The normalized spacial score (nSPS) is 11.6. The molecule has 0 spiro atoms. The zero-order valence-corrected chi connectivity index (χ0v) is 13.7. The van der Waals surface area contributed by atoms with Gasteiger partial charge in [-0.05, 0) is 65.0 Å². The van der Waals surface area contributed by atoms with Crippen LogP contribution in [-0.2, 0) is 0 Å². The van der Waals surface area contributed by atoms with Crippen molar-refractivity contribution in [3.8, 4) is 0 Å². The molecule has 0 aliphatic rings. The number of benzene rings is 1. The van der Waals surface area contributed by atoms with Crippen molar-refractivity contribution in [2.75, 3.05) is 11.9 Å². The maximum Gasteiger partial charge on any atom is 0.0380 e. The first-order valence-electron chi connectivity index (χ1n) is 6.42. The molecule has 1 nitrogen and oxygen atoms in total. The van der Waals surface area contributed by atoms with Gasteiger partial charge in [0.25, 0.3) is 0 Å². The Morgan fingerprint density at radius 1 is 1.12 bits per heavy atom. The fraction of sp³-hybridized carbons (Fsp3) is 0.600. The Morgan fingerprint density at radius 2 is 1.71 bits per heavy atom. The van der Waals surface area contributed by atoms with Gasteiger partial charge in [0.1, 0.15) is 0 Å². The van der Waals surface area contributed by atoms with Gasteiger partial charge < -0.3 is 5.32 Å². The molecule has 0 unspecified atom stereocenters. The molecule has 1 aromatic carbocycles. The Labute approximate surface area is 120 Å². The van der Waals surface area contributed by atoms with Crippen LogP contribution in [0.15, 0.2) is 18.2 Å². The highest BCUT2D eigenvalue weighted by atomic mass is 127. The summed E-state index contributed by atoms with van der Waals surface area (Å²) in [6.07, 6.45) is 0. The Morgan fingerprint density at radius 3 is 2.24 bits per heavy atom. The van der Waals surface area contributed by atoms with Crippen LogP contribution in [0.2, 0.25) is 0 Å². The first kappa shape index (κ1) is 14.8. The van der Waals surface area contributed by atoms with Crippen molar-refractivity contribution >= 4 is 28.3 Å². The fourth-order valence-corrected chi connectivity index (χ4v) is 2.77. The molecule has 0 fully saturated rings. The molecule has 0 saturated carbocycles. The van der Waals surface area contributed by atoms with E-state index in [1.807, 2.05) is 0 Å². The van der Waals surface area contributed by atoms with Crippen molar-refractivity contribution in [2.45, 2.75) is 34.6 Å². The predicted octanol–water partition coefficient (Wildman–Crippen LogP) is 4.94. The van der Waals surface area contributed by atoms with Crippen molar-refractivity contribution in [2.24, 2.45) is 17.8 Å². The molecule has 1 rings (SSSR count). The van der Waals surface area contributed by atoms with Gasteiger partial charge in [-0.1, -0.05) is 33.8 Å². The lowest BCUT2D eigenvalue weighted by Gasteiger charge is -2.26. The summed E-state index contributed by atoms with van der Waals surface area (Å²) in [4.78, 5) is 0. The van der Waals surface area contributed by atoms with Gasteiger partial charge in [-0.2, -0.15) is 0 Å². The number of nitrogens with one attached hydrogen (secondary N) is 1. The smallest absolute Gasteiger partial charge is 0.0380 e. The zero-order valence-electron chi connectivity index (χ0n) is 11.5. The number of rotatable bonds is 5. The molecule has 96 valence electrons. The summed E-state index contributed by atoms with van der Waals surface area (Å²) >= 11 is 2.39. The summed E-state index contributed by atoms with van der Waals surface area (Å²) in [6, 6.07) is 6.45. The Hall–Kier alpha value is -0.250. The van der Waals surface area contributed by atoms with Crippen LogP contribution in [0.25, 0.3) is 0 Å². The lowest BCUT2D eigenvalue weighted by atomic mass is 9.85. The van der Waals surface area contributed by atoms with E-state index in [9.17, 15) is 0 Å². The molecule has 0 bridgehead atoms. The van der Waals surface area contributed by atoms with Gasteiger partial charge in [0.2, 0.25) is 0 Å². The minimum atomic E-state index is 0.727. The van der Waals surface area contributed by atoms with Crippen LogP contribution < -0.4 is 5.32 Å². The van der Waals surface area contributed by atoms with Crippen LogP contribution >= 0.6 is 22.6 Å². The first-order valence-corrected chi connectivity index (χ1v) is 7.50.